The van der Waals surface area contributed by atoms with Gasteiger partial charge in [0.1, 0.15) is 11.7 Å². The second kappa shape index (κ2) is 10.6. The Balaban J connectivity index is 1.20. The Morgan fingerprint density at radius 2 is 1.93 bits per heavy atom. The van der Waals surface area contributed by atoms with E-state index in [1.165, 1.54) is 18.3 Å². The molecule has 0 saturated carbocycles. The van der Waals surface area contributed by atoms with Crippen LogP contribution in [0, 0.1) is 0 Å². The molecular formula is C27H29N7O5S. The Bertz CT molecular complexity index is 1460. The number of carbonyl (C=O) groups excluding carboxylic acids is 4. The molecule has 12 nitrogen and oxygen atoms in total. The third-order valence-corrected chi connectivity index (χ3v) is 8.81. The Hall–Kier alpha value is -3.94. The van der Waals surface area contributed by atoms with Crippen molar-refractivity contribution >= 4 is 46.3 Å². The number of ether oxygens (including phenoxy) is 1. The predicted octanol–water partition coefficient (Wildman–Crippen LogP) is 2.92. The summed E-state index contributed by atoms with van der Waals surface area (Å²) in [6.07, 6.45) is 0.735. The lowest BCUT2D eigenvalue weighted by molar-refractivity contribution is -0.129. The fourth-order valence-electron chi connectivity index (χ4n) is 5.48. The number of nitrogens with one attached hydrogen (secondary N) is 2. The first-order chi connectivity index (χ1) is 19.3. The van der Waals surface area contributed by atoms with E-state index in [2.05, 4.69) is 21.0 Å². The van der Waals surface area contributed by atoms with Crippen LogP contribution in [0.3, 0.4) is 0 Å². The minimum atomic E-state index is -0.552. The lowest BCUT2D eigenvalue weighted by Crippen LogP contribution is -2.49. The zero-order valence-electron chi connectivity index (χ0n) is 22.2. The van der Waals surface area contributed by atoms with Crippen LogP contribution in [0.15, 0.2) is 46.1 Å². The number of hydrogen-bond donors (Lipinski definition) is 2. The molecule has 4 amide bonds. The van der Waals surface area contributed by atoms with Gasteiger partial charge in [0.25, 0.3) is 5.91 Å². The average molecular weight is 564 g/mol. The molecule has 2 N–H and O–H groups in total. The Kier molecular flexibility index (Phi) is 6.94. The molecule has 1 aromatic carbocycles. The van der Waals surface area contributed by atoms with Crippen molar-refractivity contribution in [2.45, 2.75) is 25.4 Å². The third kappa shape index (κ3) is 4.69. The average Bonchev–Trinajstić information content (AvgIpc) is 3.74. The van der Waals surface area contributed by atoms with Crippen molar-refractivity contribution in [3.63, 3.8) is 0 Å². The number of fused-ring (bicyclic) bond motifs is 3. The number of hydrogen-bond acceptors (Lipinski definition) is 9. The predicted molar refractivity (Wildman–Crippen MR) is 147 cm³/mol. The number of likely N-dealkylation sites (tertiary alicyclic amines) is 1. The first kappa shape index (κ1) is 26.3. The number of anilines is 1. The maximum Gasteiger partial charge on any atom is 0.333 e. The van der Waals surface area contributed by atoms with Crippen LogP contribution < -0.4 is 10.7 Å². The van der Waals surface area contributed by atoms with Crippen molar-refractivity contribution in [2.24, 2.45) is 10.2 Å². The molecule has 2 saturated heterocycles. The van der Waals surface area contributed by atoms with Gasteiger partial charge in [0, 0.05) is 40.2 Å². The topological polar surface area (TPSA) is 136 Å². The molecule has 2 aromatic rings. The van der Waals surface area contributed by atoms with Crippen molar-refractivity contribution in [2.75, 3.05) is 51.8 Å². The van der Waals surface area contributed by atoms with Gasteiger partial charge in [-0.2, -0.15) is 10.2 Å². The lowest BCUT2D eigenvalue weighted by atomic mass is 10.1. The number of amides is 4. The number of benzene rings is 1. The molecular weight excluding hydrogens is 534 g/mol. The number of carbonyl (C=O) groups is 4. The van der Waals surface area contributed by atoms with Crippen LogP contribution in [0.4, 0.5) is 10.5 Å². The molecule has 2 fully saturated rings. The quantitative estimate of drug-likeness (QED) is 0.574. The molecule has 4 aliphatic rings. The third-order valence-electron chi connectivity index (χ3n) is 7.73. The molecule has 2 atom stereocenters. The number of Topliss-reactive ketones (excluding diaryl/α,β-unsaturated/α-hetero) is 1. The van der Waals surface area contributed by atoms with Crippen LogP contribution in [-0.4, -0.2) is 90.9 Å². The molecule has 208 valence electrons. The van der Waals surface area contributed by atoms with Gasteiger partial charge >= 0.3 is 6.03 Å². The molecule has 1 aliphatic carbocycles. The van der Waals surface area contributed by atoms with E-state index in [-0.39, 0.29) is 23.6 Å². The minimum absolute atomic E-state index is 0.00331. The summed E-state index contributed by atoms with van der Waals surface area (Å²) in [6, 6.07) is 7.86. The first-order valence-electron chi connectivity index (χ1n) is 13.2. The van der Waals surface area contributed by atoms with Crippen molar-refractivity contribution in [3.8, 4) is 0 Å². The van der Waals surface area contributed by atoms with Gasteiger partial charge in [-0.15, -0.1) is 11.3 Å². The number of thiophene rings is 1. The van der Waals surface area contributed by atoms with Crippen molar-refractivity contribution < 1.29 is 23.9 Å². The lowest BCUT2D eigenvalue weighted by Gasteiger charge is -2.27. The highest BCUT2D eigenvalue weighted by Gasteiger charge is 2.43. The number of rotatable bonds is 5. The van der Waals surface area contributed by atoms with Crippen LogP contribution in [0.1, 0.15) is 49.9 Å². The highest BCUT2D eigenvalue weighted by molar-refractivity contribution is 7.15. The number of morpholine rings is 1. The van der Waals surface area contributed by atoms with Gasteiger partial charge < -0.3 is 19.9 Å². The number of azo groups is 1. The van der Waals surface area contributed by atoms with Crippen LogP contribution in [0.2, 0.25) is 0 Å². The largest absolute Gasteiger partial charge is 0.379 e. The molecule has 40 heavy (non-hydrogen) atoms. The Morgan fingerprint density at radius 3 is 2.70 bits per heavy atom. The molecule has 1 unspecified atom stereocenters. The van der Waals surface area contributed by atoms with E-state index >= 15 is 0 Å². The SMILES string of the molecule is CC(=O)N(C)[C@H]1CCN(C(=O)c2ccc(C3=C4C(=O)c5c(NC(=O)NN6CCOCC6)cccc5C4N=N3)s2)C1. The van der Waals surface area contributed by atoms with Gasteiger partial charge in [-0.05, 0) is 30.2 Å². The summed E-state index contributed by atoms with van der Waals surface area (Å²) in [7, 11) is 1.76. The summed E-state index contributed by atoms with van der Waals surface area (Å²) in [5, 5.41) is 13.3. The van der Waals surface area contributed by atoms with Gasteiger partial charge in [-0.25, -0.2) is 9.80 Å². The smallest absolute Gasteiger partial charge is 0.333 e. The number of nitrogens with zero attached hydrogens (tertiary/aromatic N) is 5. The fraction of sp³-hybridized carbons (Fsp3) is 0.407. The van der Waals surface area contributed by atoms with E-state index < -0.39 is 12.1 Å². The molecule has 3 aliphatic heterocycles. The van der Waals surface area contributed by atoms with E-state index in [1.807, 2.05) is 6.07 Å². The fourth-order valence-corrected chi connectivity index (χ4v) is 6.46. The van der Waals surface area contributed by atoms with E-state index in [0.29, 0.717) is 77.2 Å². The summed E-state index contributed by atoms with van der Waals surface area (Å²) in [5.41, 5.74) is 5.19. The monoisotopic (exact) mass is 563 g/mol. The van der Waals surface area contributed by atoms with Crippen LogP contribution in [-0.2, 0) is 9.53 Å². The van der Waals surface area contributed by atoms with Gasteiger partial charge in [-0.1, -0.05) is 12.1 Å². The maximum atomic E-state index is 13.7. The molecule has 13 heteroatoms. The molecule has 4 heterocycles. The second-order valence-corrected chi connectivity index (χ2v) is 11.2. The number of ketones is 1. The van der Waals surface area contributed by atoms with E-state index in [9.17, 15) is 19.2 Å². The summed E-state index contributed by atoms with van der Waals surface area (Å²) in [5.74, 6) is -0.365. The van der Waals surface area contributed by atoms with Gasteiger partial charge in [-0.3, -0.25) is 19.8 Å². The normalized spacial score (nSPS) is 21.9. The van der Waals surface area contributed by atoms with Crippen molar-refractivity contribution in [3.05, 3.63) is 56.8 Å². The number of urea groups is 1. The highest BCUT2D eigenvalue weighted by Crippen LogP contribution is 2.49. The molecule has 6 rings (SSSR count). The second-order valence-electron chi connectivity index (χ2n) is 10.1. The Morgan fingerprint density at radius 1 is 1.12 bits per heavy atom. The van der Waals surface area contributed by atoms with Crippen LogP contribution in [0.25, 0.3) is 5.70 Å². The summed E-state index contributed by atoms with van der Waals surface area (Å²) in [4.78, 5) is 55.9. The minimum Gasteiger partial charge on any atom is -0.379 e. The zero-order chi connectivity index (χ0) is 28.0. The van der Waals surface area contributed by atoms with Crippen LogP contribution in [0.5, 0.6) is 0 Å². The molecule has 0 spiro atoms. The summed E-state index contributed by atoms with van der Waals surface area (Å²) in [6.45, 7) is 4.82. The van der Waals surface area contributed by atoms with Crippen molar-refractivity contribution in [1.29, 1.82) is 0 Å². The van der Waals surface area contributed by atoms with E-state index in [4.69, 9.17) is 4.74 Å². The van der Waals surface area contributed by atoms with Crippen molar-refractivity contribution in [1.82, 2.24) is 20.2 Å². The van der Waals surface area contributed by atoms with Crippen LogP contribution >= 0.6 is 11.3 Å². The van der Waals surface area contributed by atoms with Gasteiger partial charge in [0.15, 0.2) is 5.78 Å². The molecule has 1 aromatic heterocycles. The van der Waals surface area contributed by atoms with E-state index in [1.54, 1.807) is 46.1 Å². The number of hydrazine groups is 1. The van der Waals surface area contributed by atoms with E-state index in [0.717, 1.165) is 6.42 Å². The Labute approximate surface area is 234 Å². The number of likely N-dealkylation sites (N-methyl/N-ethyl adjacent to an activating group) is 1. The standard InChI is InChI=1S/C27H29N7O5S/c1-15(35)32(2)16-8-9-33(14-16)26(37)20-7-6-19(40-20)24-22-23(29-30-24)17-4-3-5-18(21(17)25(22)36)28-27(38)31-34-10-12-39-13-11-34/h3-7,16,23H,8-14H2,1-2H3,(H2,28,31,38)/t16-,23?/m0/s1. The zero-order valence-corrected chi connectivity index (χ0v) is 23.0. The highest BCUT2D eigenvalue weighted by atomic mass is 32.1. The maximum absolute atomic E-state index is 13.7. The van der Waals surface area contributed by atoms with Gasteiger partial charge in [0.2, 0.25) is 5.91 Å². The molecule has 0 radical (unpaired) electrons. The molecule has 0 bridgehead atoms. The summed E-state index contributed by atoms with van der Waals surface area (Å²) >= 11 is 1.27. The van der Waals surface area contributed by atoms with Gasteiger partial charge in [0.05, 0.1) is 45.8 Å². The summed E-state index contributed by atoms with van der Waals surface area (Å²) < 4.78 is 5.31. The first-order valence-corrected chi connectivity index (χ1v) is 14.0.